The van der Waals surface area contributed by atoms with E-state index in [-0.39, 0.29) is 37.0 Å². The first kappa shape index (κ1) is 15.8. The molecule has 0 aliphatic carbocycles. The summed E-state index contributed by atoms with van der Waals surface area (Å²) in [5.41, 5.74) is -1.05. The summed E-state index contributed by atoms with van der Waals surface area (Å²) in [7, 11) is -8.52. The highest BCUT2D eigenvalue weighted by Gasteiger charge is 2.65. The molecular formula is C11H12F5NO3S. The van der Waals surface area contributed by atoms with Crippen LogP contribution in [-0.4, -0.2) is 37.4 Å². The number of carboxylic acids is 1. The number of carboxylic acid groups (broad SMARTS) is 1. The van der Waals surface area contributed by atoms with E-state index in [1.165, 1.54) is 12.0 Å². The minimum absolute atomic E-state index is 0.0407. The molecule has 0 aromatic heterocycles. The van der Waals surface area contributed by atoms with Gasteiger partial charge in [0.2, 0.25) is 0 Å². The second-order valence-corrected chi connectivity index (χ2v) is 7.16. The zero-order valence-electron chi connectivity index (χ0n) is 10.7. The number of aromatic carboxylic acids is 1. The van der Waals surface area contributed by atoms with Crippen LogP contribution in [0.15, 0.2) is 23.1 Å². The van der Waals surface area contributed by atoms with Gasteiger partial charge in [-0.1, -0.05) is 19.4 Å². The van der Waals surface area contributed by atoms with Crippen LogP contribution in [-0.2, 0) is 4.74 Å². The molecule has 120 valence electrons. The standard InChI is InChI=1S/C11H12F5NO3S/c1-20-9-5-17(6-9)8-2-7(11(18)19)3-10(4-8)21(12,13,14,15)16/h2-4,9H,5-6H2,1H3,(H,18,19). The molecule has 2 rings (SSSR count). The summed E-state index contributed by atoms with van der Waals surface area (Å²) in [6.45, 7) is 0.415. The predicted octanol–water partition coefficient (Wildman–Crippen LogP) is 3.88. The Morgan fingerprint density at radius 1 is 1.24 bits per heavy atom. The van der Waals surface area contributed by atoms with Gasteiger partial charge in [-0.05, 0) is 18.2 Å². The molecule has 1 aliphatic rings. The summed E-state index contributed by atoms with van der Waals surface area (Å²) in [4.78, 5) is 9.99. The minimum Gasteiger partial charge on any atom is -0.478 e. The van der Waals surface area contributed by atoms with E-state index in [4.69, 9.17) is 9.84 Å². The number of halogens is 5. The van der Waals surface area contributed by atoms with Gasteiger partial charge in [-0.15, -0.1) is 0 Å². The van der Waals surface area contributed by atoms with Gasteiger partial charge >= 0.3 is 16.2 Å². The molecule has 1 N–H and O–H groups in total. The van der Waals surface area contributed by atoms with E-state index < -0.39 is 26.7 Å². The lowest BCUT2D eigenvalue weighted by Gasteiger charge is -2.43. The summed E-state index contributed by atoms with van der Waals surface area (Å²) in [5.74, 6) is -1.70. The van der Waals surface area contributed by atoms with Crippen molar-refractivity contribution >= 4 is 21.9 Å². The number of carbonyl (C=O) groups is 1. The van der Waals surface area contributed by atoms with Gasteiger partial charge in [0.25, 0.3) is 0 Å². The molecule has 1 fully saturated rings. The molecule has 4 nitrogen and oxygen atoms in total. The highest BCUT2D eigenvalue weighted by Crippen LogP contribution is 3.02. The van der Waals surface area contributed by atoms with Gasteiger partial charge in [0.05, 0.1) is 11.7 Å². The molecule has 10 heteroatoms. The van der Waals surface area contributed by atoms with E-state index in [0.29, 0.717) is 0 Å². The van der Waals surface area contributed by atoms with Crippen LogP contribution < -0.4 is 4.90 Å². The number of rotatable bonds is 4. The minimum atomic E-state index is -9.94. The van der Waals surface area contributed by atoms with Crippen molar-refractivity contribution in [2.45, 2.75) is 11.0 Å². The van der Waals surface area contributed by atoms with Crippen molar-refractivity contribution in [3.8, 4) is 0 Å². The van der Waals surface area contributed by atoms with Crippen molar-refractivity contribution in [1.29, 1.82) is 0 Å². The molecule has 0 spiro atoms. The molecule has 0 bridgehead atoms. The van der Waals surface area contributed by atoms with Crippen molar-refractivity contribution in [1.82, 2.24) is 0 Å². The van der Waals surface area contributed by atoms with E-state index in [9.17, 15) is 24.2 Å². The fourth-order valence-electron chi connectivity index (χ4n) is 1.91. The van der Waals surface area contributed by atoms with Gasteiger partial charge in [0.15, 0.2) is 0 Å². The Morgan fingerprint density at radius 2 is 1.81 bits per heavy atom. The highest BCUT2D eigenvalue weighted by atomic mass is 32.5. The summed E-state index contributed by atoms with van der Waals surface area (Å²) in [6.07, 6.45) is -0.220. The molecule has 1 heterocycles. The van der Waals surface area contributed by atoms with Crippen LogP contribution in [0.1, 0.15) is 10.4 Å². The summed E-state index contributed by atoms with van der Waals surface area (Å²) in [5, 5.41) is 8.80. The first-order valence-corrected chi connectivity index (χ1v) is 7.65. The van der Waals surface area contributed by atoms with Gasteiger partial charge in [-0.2, -0.15) is 0 Å². The topological polar surface area (TPSA) is 49.8 Å². The van der Waals surface area contributed by atoms with Crippen LogP contribution in [0.5, 0.6) is 0 Å². The van der Waals surface area contributed by atoms with Crippen LogP contribution >= 0.6 is 10.2 Å². The van der Waals surface area contributed by atoms with E-state index in [1.54, 1.807) is 0 Å². The van der Waals surface area contributed by atoms with Gasteiger partial charge in [-0.25, -0.2) is 4.79 Å². The van der Waals surface area contributed by atoms with E-state index in [1.807, 2.05) is 0 Å². The Balaban J connectivity index is 2.49. The van der Waals surface area contributed by atoms with Crippen LogP contribution in [0, 0.1) is 0 Å². The summed E-state index contributed by atoms with van der Waals surface area (Å²) in [6, 6.07) is 1.17. The Kier molecular flexibility index (Phi) is 3.02. The van der Waals surface area contributed by atoms with Gasteiger partial charge in [-0.3, -0.25) is 0 Å². The van der Waals surface area contributed by atoms with Crippen LogP contribution in [0.3, 0.4) is 0 Å². The third-order valence-corrected chi connectivity index (χ3v) is 4.26. The van der Waals surface area contributed by atoms with Gasteiger partial charge in [0, 0.05) is 25.9 Å². The SMILES string of the molecule is COC1CN(c2cc(C(=O)O)cc(S(F)(F)(F)(F)F)c2)C1. The second-order valence-electron chi connectivity index (χ2n) is 4.75. The third kappa shape index (κ3) is 3.38. The maximum atomic E-state index is 12.9. The van der Waals surface area contributed by atoms with Gasteiger partial charge < -0.3 is 14.7 Å². The van der Waals surface area contributed by atoms with Crippen LogP contribution in [0.25, 0.3) is 0 Å². The second kappa shape index (κ2) is 4.01. The van der Waals surface area contributed by atoms with Crippen molar-refractivity contribution in [3.63, 3.8) is 0 Å². The molecule has 0 saturated carbocycles. The fraction of sp³-hybridized carbons (Fsp3) is 0.364. The lowest BCUT2D eigenvalue weighted by atomic mass is 10.1. The number of methoxy groups -OCH3 is 1. The van der Waals surface area contributed by atoms with Crippen molar-refractivity contribution < 1.29 is 34.1 Å². The van der Waals surface area contributed by atoms with Crippen LogP contribution in [0.4, 0.5) is 25.1 Å². The number of hydrogen-bond acceptors (Lipinski definition) is 3. The normalized spacial score (nSPS) is 19.6. The average molecular weight is 333 g/mol. The first-order chi connectivity index (χ1) is 9.30. The van der Waals surface area contributed by atoms with Crippen LogP contribution in [0.2, 0.25) is 0 Å². The first-order valence-electron chi connectivity index (χ1n) is 5.70. The van der Waals surface area contributed by atoms with Crippen molar-refractivity contribution in [2.75, 3.05) is 25.1 Å². The molecule has 0 radical (unpaired) electrons. The zero-order chi connectivity index (χ0) is 16.1. The Hall–Kier alpha value is -1.55. The molecule has 0 amide bonds. The molecule has 0 atom stereocenters. The molecule has 21 heavy (non-hydrogen) atoms. The number of ether oxygens (including phenoxy) is 1. The average Bonchev–Trinajstić information content (AvgIpc) is 2.24. The molecular weight excluding hydrogens is 321 g/mol. The molecule has 1 aliphatic heterocycles. The highest BCUT2D eigenvalue weighted by molar-refractivity contribution is 8.45. The third-order valence-electron chi connectivity index (χ3n) is 3.13. The molecule has 1 aromatic carbocycles. The number of benzene rings is 1. The molecule has 0 unspecified atom stereocenters. The Morgan fingerprint density at radius 3 is 2.24 bits per heavy atom. The van der Waals surface area contributed by atoms with Crippen molar-refractivity contribution in [3.05, 3.63) is 23.8 Å². The summed E-state index contributed by atoms with van der Waals surface area (Å²) >= 11 is 0. The van der Waals surface area contributed by atoms with E-state index >= 15 is 0 Å². The zero-order valence-corrected chi connectivity index (χ0v) is 11.5. The largest absolute Gasteiger partial charge is 0.478 e. The lowest BCUT2D eigenvalue weighted by molar-refractivity contribution is 0.0696. The number of anilines is 1. The predicted molar refractivity (Wildman–Crippen MR) is 67.8 cm³/mol. The maximum Gasteiger partial charge on any atom is 0.335 e. The number of nitrogens with zero attached hydrogens (tertiary/aromatic N) is 1. The van der Waals surface area contributed by atoms with Gasteiger partial charge in [0.1, 0.15) is 4.90 Å². The monoisotopic (exact) mass is 333 g/mol. The lowest BCUT2D eigenvalue weighted by Crippen LogP contribution is -2.52. The molecule has 1 saturated heterocycles. The molecule has 1 aromatic rings. The quantitative estimate of drug-likeness (QED) is 0.850. The smallest absolute Gasteiger partial charge is 0.335 e. The number of hydrogen-bond donors (Lipinski definition) is 1. The van der Waals surface area contributed by atoms with Crippen molar-refractivity contribution in [2.24, 2.45) is 0 Å². The fourth-order valence-corrected chi connectivity index (χ4v) is 2.60. The van der Waals surface area contributed by atoms with E-state index in [2.05, 4.69) is 0 Å². The Bertz CT molecular complexity index is 597. The summed E-state index contributed by atoms with van der Waals surface area (Å²) < 4.78 is 69.2. The Labute approximate surface area is 116 Å². The maximum absolute atomic E-state index is 12.9. The van der Waals surface area contributed by atoms with E-state index in [0.717, 1.165) is 6.07 Å².